The molecule has 4 rings (SSSR count). The lowest BCUT2D eigenvalue weighted by atomic mass is 10.1. The second-order valence-corrected chi connectivity index (χ2v) is 7.37. The van der Waals surface area contributed by atoms with Crippen LogP contribution in [-0.4, -0.2) is 41.7 Å². The Balaban J connectivity index is 1.49. The van der Waals surface area contributed by atoms with Crippen LogP contribution in [0.25, 0.3) is 11.4 Å². The molecule has 0 radical (unpaired) electrons. The van der Waals surface area contributed by atoms with Gasteiger partial charge < -0.3 is 19.7 Å². The van der Waals surface area contributed by atoms with Gasteiger partial charge in [-0.05, 0) is 30.3 Å². The SMILES string of the molecule is COc1cc(OC)c(NC(=O)N2CCc3nc(-c4ccc(F)cc4)ncc3C2)cc1Cl. The molecule has 31 heavy (non-hydrogen) atoms. The first-order valence-corrected chi connectivity index (χ1v) is 9.94. The third kappa shape index (κ3) is 4.39. The summed E-state index contributed by atoms with van der Waals surface area (Å²) in [6, 6.07) is 8.97. The molecule has 1 N–H and O–H groups in total. The van der Waals surface area contributed by atoms with Crippen LogP contribution >= 0.6 is 11.6 Å². The second kappa shape index (κ2) is 8.77. The minimum absolute atomic E-state index is 0.284. The number of methoxy groups -OCH3 is 2. The minimum atomic E-state index is -0.307. The average Bonchev–Trinajstić information content (AvgIpc) is 2.79. The van der Waals surface area contributed by atoms with Gasteiger partial charge in [-0.15, -0.1) is 0 Å². The van der Waals surface area contributed by atoms with Gasteiger partial charge in [0, 0.05) is 36.4 Å². The lowest BCUT2D eigenvalue weighted by Gasteiger charge is -2.28. The Morgan fingerprint density at radius 3 is 2.61 bits per heavy atom. The molecule has 160 valence electrons. The van der Waals surface area contributed by atoms with Gasteiger partial charge in [-0.1, -0.05) is 11.6 Å². The first-order chi connectivity index (χ1) is 15.0. The van der Waals surface area contributed by atoms with Gasteiger partial charge in [0.05, 0.1) is 37.2 Å². The van der Waals surface area contributed by atoms with E-state index in [4.69, 9.17) is 21.1 Å². The molecule has 0 saturated carbocycles. The van der Waals surface area contributed by atoms with E-state index in [9.17, 15) is 9.18 Å². The topological polar surface area (TPSA) is 76.6 Å². The van der Waals surface area contributed by atoms with Gasteiger partial charge in [-0.25, -0.2) is 19.2 Å². The van der Waals surface area contributed by atoms with Crippen molar-refractivity contribution in [1.82, 2.24) is 14.9 Å². The largest absolute Gasteiger partial charge is 0.495 e. The van der Waals surface area contributed by atoms with Gasteiger partial charge in [-0.3, -0.25) is 0 Å². The molecule has 1 aromatic heterocycles. The van der Waals surface area contributed by atoms with Gasteiger partial charge >= 0.3 is 6.03 Å². The molecule has 0 fully saturated rings. The van der Waals surface area contributed by atoms with Crippen LogP contribution in [0.2, 0.25) is 5.02 Å². The van der Waals surface area contributed by atoms with Crippen molar-refractivity contribution in [3.63, 3.8) is 0 Å². The molecule has 7 nitrogen and oxygen atoms in total. The number of fused-ring (bicyclic) bond motifs is 1. The highest BCUT2D eigenvalue weighted by Gasteiger charge is 2.24. The first kappa shape index (κ1) is 20.9. The summed E-state index contributed by atoms with van der Waals surface area (Å²) in [5, 5.41) is 3.21. The number of hydrogen-bond acceptors (Lipinski definition) is 5. The summed E-state index contributed by atoms with van der Waals surface area (Å²) in [4.78, 5) is 23.5. The predicted molar refractivity (Wildman–Crippen MR) is 115 cm³/mol. The molecular weight excluding hydrogens is 423 g/mol. The molecule has 0 atom stereocenters. The molecule has 0 unspecified atom stereocenters. The van der Waals surface area contributed by atoms with Gasteiger partial charge in [0.2, 0.25) is 0 Å². The third-order valence-electron chi connectivity index (χ3n) is 5.04. The molecule has 2 amide bonds. The lowest BCUT2D eigenvalue weighted by Crippen LogP contribution is -2.39. The van der Waals surface area contributed by atoms with Gasteiger partial charge in [0.15, 0.2) is 5.82 Å². The highest BCUT2D eigenvalue weighted by molar-refractivity contribution is 6.32. The number of carbonyl (C=O) groups is 1. The fourth-order valence-electron chi connectivity index (χ4n) is 3.38. The zero-order valence-corrected chi connectivity index (χ0v) is 17.7. The molecule has 0 aliphatic carbocycles. The van der Waals surface area contributed by atoms with E-state index in [0.29, 0.717) is 47.5 Å². The molecule has 3 aromatic rings. The van der Waals surface area contributed by atoms with E-state index in [1.165, 1.54) is 26.4 Å². The Bertz CT molecular complexity index is 1120. The Labute approximate surface area is 183 Å². The Hall–Kier alpha value is -3.39. The van der Waals surface area contributed by atoms with E-state index >= 15 is 0 Å². The summed E-state index contributed by atoms with van der Waals surface area (Å²) >= 11 is 6.19. The van der Waals surface area contributed by atoms with Crippen LogP contribution in [0.4, 0.5) is 14.9 Å². The molecule has 1 aliphatic rings. The highest BCUT2D eigenvalue weighted by Crippen LogP contribution is 2.36. The normalized spacial score (nSPS) is 12.8. The maximum atomic E-state index is 13.2. The van der Waals surface area contributed by atoms with E-state index < -0.39 is 0 Å². The van der Waals surface area contributed by atoms with Crippen LogP contribution in [0.5, 0.6) is 11.5 Å². The monoisotopic (exact) mass is 442 g/mol. The van der Waals surface area contributed by atoms with Crippen molar-refractivity contribution < 1.29 is 18.7 Å². The van der Waals surface area contributed by atoms with Crippen molar-refractivity contribution in [2.24, 2.45) is 0 Å². The number of aromatic nitrogens is 2. The average molecular weight is 443 g/mol. The summed E-state index contributed by atoms with van der Waals surface area (Å²) in [6.45, 7) is 0.863. The van der Waals surface area contributed by atoms with Crippen LogP contribution < -0.4 is 14.8 Å². The van der Waals surface area contributed by atoms with Crippen LogP contribution in [0.3, 0.4) is 0 Å². The second-order valence-electron chi connectivity index (χ2n) is 6.96. The molecular formula is C22H20ClFN4O3. The third-order valence-corrected chi connectivity index (χ3v) is 5.33. The number of nitrogens with one attached hydrogen (secondary N) is 1. The molecule has 0 bridgehead atoms. The quantitative estimate of drug-likeness (QED) is 0.641. The van der Waals surface area contributed by atoms with Gasteiger partial charge in [0.25, 0.3) is 0 Å². The molecule has 2 heterocycles. The lowest BCUT2D eigenvalue weighted by molar-refractivity contribution is 0.205. The summed E-state index contributed by atoms with van der Waals surface area (Å²) in [5.41, 5.74) is 2.94. The minimum Gasteiger partial charge on any atom is -0.495 e. The zero-order chi connectivity index (χ0) is 22.0. The van der Waals surface area contributed by atoms with Crippen LogP contribution in [-0.2, 0) is 13.0 Å². The Morgan fingerprint density at radius 2 is 1.90 bits per heavy atom. The van der Waals surface area contributed by atoms with Crippen molar-refractivity contribution in [3.8, 4) is 22.9 Å². The van der Waals surface area contributed by atoms with Crippen molar-refractivity contribution >= 4 is 23.3 Å². The van der Waals surface area contributed by atoms with Crippen molar-refractivity contribution in [2.75, 3.05) is 26.1 Å². The number of ether oxygens (including phenoxy) is 2. The molecule has 0 saturated heterocycles. The number of halogens is 2. The van der Waals surface area contributed by atoms with Crippen molar-refractivity contribution in [1.29, 1.82) is 0 Å². The summed E-state index contributed by atoms with van der Waals surface area (Å²) in [6.07, 6.45) is 2.30. The Kier molecular flexibility index (Phi) is 5.90. The van der Waals surface area contributed by atoms with Crippen LogP contribution in [0.1, 0.15) is 11.3 Å². The maximum absolute atomic E-state index is 13.2. The van der Waals surface area contributed by atoms with E-state index in [-0.39, 0.29) is 11.8 Å². The molecule has 2 aromatic carbocycles. The van der Waals surface area contributed by atoms with Gasteiger partial charge in [-0.2, -0.15) is 0 Å². The number of urea groups is 1. The number of benzene rings is 2. The van der Waals surface area contributed by atoms with Crippen LogP contribution in [0.15, 0.2) is 42.6 Å². The van der Waals surface area contributed by atoms with E-state index in [1.807, 2.05) is 0 Å². The predicted octanol–water partition coefficient (Wildman–Crippen LogP) is 4.54. The summed E-state index contributed by atoms with van der Waals surface area (Å²) in [5.74, 6) is 1.13. The number of nitrogens with zero attached hydrogens (tertiary/aromatic N) is 3. The number of carbonyl (C=O) groups excluding carboxylic acids is 1. The molecule has 1 aliphatic heterocycles. The summed E-state index contributed by atoms with van der Waals surface area (Å²) in [7, 11) is 3.01. The fraction of sp³-hybridized carbons (Fsp3) is 0.227. The fourth-order valence-corrected chi connectivity index (χ4v) is 3.62. The maximum Gasteiger partial charge on any atom is 0.322 e. The van der Waals surface area contributed by atoms with Crippen molar-refractivity contribution in [2.45, 2.75) is 13.0 Å². The van der Waals surface area contributed by atoms with E-state index in [0.717, 1.165) is 16.8 Å². The highest BCUT2D eigenvalue weighted by atomic mass is 35.5. The molecule has 9 heteroatoms. The number of anilines is 1. The summed E-state index contributed by atoms with van der Waals surface area (Å²) < 4.78 is 23.7. The Morgan fingerprint density at radius 1 is 1.16 bits per heavy atom. The molecule has 0 spiro atoms. The number of hydrogen-bond donors (Lipinski definition) is 1. The van der Waals surface area contributed by atoms with Gasteiger partial charge in [0.1, 0.15) is 17.3 Å². The standard InChI is InChI=1S/C22H20ClFN4O3/c1-30-19-10-20(31-2)18(9-16(19)23)27-22(29)28-8-7-17-14(12-28)11-25-21(26-17)13-3-5-15(24)6-4-13/h3-6,9-11H,7-8,12H2,1-2H3,(H,27,29). The zero-order valence-electron chi connectivity index (χ0n) is 17.0. The van der Waals surface area contributed by atoms with Crippen LogP contribution in [0, 0.1) is 5.82 Å². The van der Waals surface area contributed by atoms with Crippen molar-refractivity contribution in [3.05, 3.63) is 64.7 Å². The van der Waals surface area contributed by atoms with E-state index in [2.05, 4.69) is 15.3 Å². The first-order valence-electron chi connectivity index (χ1n) is 9.56. The number of rotatable bonds is 4. The smallest absolute Gasteiger partial charge is 0.322 e. The van der Waals surface area contributed by atoms with E-state index in [1.54, 1.807) is 35.4 Å². The number of amides is 2.